The van der Waals surface area contributed by atoms with E-state index in [1.807, 2.05) is 29.3 Å². The van der Waals surface area contributed by atoms with E-state index < -0.39 is 0 Å². The van der Waals surface area contributed by atoms with Gasteiger partial charge in [0.1, 0.15) is 17.9 Å². The van der Waals surface area contributed by atoms with Crippen molar-refractivity contribution in [1.29, 1.82) is 0 Å². The highest BCUT2D eigenvalue weighted by molar-refractivity contribution is 5.79. The Labute approximate surface area is 163 Å². The second-order valence-corrected chi connectivity index (χ2v) is 7.27. The summed E-state index contributed by atoms with van der Waals surface area (Å²) >= 11 is 0. The fourth-order valence-corrected chi connectivity index (χ4v) is 4.17. The van der Waals surface area contributed by atoms with Crippen molar-refractivity contribution in [3.8, 4) is 16.9 Å². The molecule has 28 heavy (non-hydrogen) atoms. The summed E-state index contributed by atoms with van der Waals surface area (Å²) in [5.74, 6) is 1.98. The Balaban J connectivity index is 1.51. The number of aryl methyl sites for hydroxylation is 4. The zero-order valence-electron chi connectivity index (χ0n) is 16.3. The largest absolute Gasteiger partial charge is 0.493 e. The van der Waals surface area contributed by atoms with Crippen molar-refractivity contribution in [3.05, 3.63) is 59.1 Å². The van der Waals surface area contributed by atoms with Crippen LogP contribution in [0.3, 0.4) is 0 Å². The van der Waals surface area contributed by atoms with Gasteiger partial charge in [-0.05, 0) is 31.9 Å². The van der Waals surface area contributed by atoms with Crippen LogP contribution in [0.1, 0.15) is 28.3 Å². The lowest BCUT2D eigenvalue weighted by atomic mass is 10.0. The first-order valence-corrected chi connectivity index (χ1v) is 9.55. The van der Waals surface area contributed by atoms with Crippen LogP contribution in [-0.2, 0) is 26.3 Å². The highest BCUT2D eigenvalue weighted by Gasteiger charge is 2.19. The second-order valence-electron chi connectivity index (χ2n) is 7.27. The minimum atomic E-state index is 0.777. The monoisotopic (exact) mass is 374 g/mol. The fraction of sp³-hybridized carbons (Fsp3) is 0.333. The van der Waals surface area contributed by atoms with Gasteiger partial charge in [-0.2, -0.15) is 5.10 Å². The van der Waals surface area contributed by atoms with E-state index in [9.17, 15) is 0 Å². The molecular formula is C21H22N6O. The summed E-state index contributed by atoms with van der Waals surface area (Å²) in [5, 5.41) is 13.1. The average Bonchev–Trinajstić information content (AvgIpc) is 3.41. The zero-order valence-corrected chi connectivity index (χ0v) is 16.3. The third-order valence-electron chi connectivity index (χ3n) is 5.65. The molecule has 7 nitrogen and oxygen atoms in total. The number of aromatic nitrogens is 6. The lowest BCUT2D eigenvalue weighted by Crippen LogP contribution is -2.05. The van der Waals surface area contributed by atoms with Crippen LogP contribution in [0.4, 0.5) is 0 Å². The van der Waals surface area contributed by atoms with Crippen LogP contribution in [0.15, 0.2) is 30.7 Å². The van der Waals surface area contributed by atoms with E-state index in [1.54, 1.807) is 6.33 Å². The Morgan fingerprint density at radius 1 is 1.18 bits per heavy atom. The molecule has 3 aromatic heterocycles. The van der Waals surface area contributed by atoms with Crippen LogP contribution in [0.2, 0.25) is 0 Å². The molecule has 4 aromatic rings. The average molecular weight is 374 g/mol. The molecule has 1 aliphatic rings. The molecule has 4 heterocycles. The van der Waals surface area contributed by atoms with Gasteiger partial charge in [0.25, 0.3) is 0 Å². The Kier molecular flexibility index (Phi) is 3.89. The van der Waals surface area contributed by atoms with E-state index in [-0.39, 0.29) is 0 Å². The molecule has 142 valence electrons. The molecule has 1 aliphatic heterocycles. The summed E-state index contributed by atoms with van der Waals surface area (Å²) in [6.07, 6.45) is 6.38. The second kappa shape index (κ2) is 6.44. The van der Waals surface area contributed by atoms with Crippen LogP contribution in [0.5, 0.6) is 5.75 Å². The minimum absolute atomic E-state index is 0.777. The summed E-state index contributed by atoms with van der Waals surface area (Å²) in [5.41, 5.74) is 7.61. The number of ether oxygens (including phenoxy) is 1. The van der Waals surface area contributed by atoms with Gasteiger partial charge in [-0.25, -0.2) is 4.98 Å². The summed E-state index contributed by atoms with van der Waals surface area (Å²) in [6.45, 7) is 4.86. The predicted octanol–water partition coefficient (Wildman–Crippen LogP) is 2.86. The smallest absolute Gasteiger partial charge is 0.171 e. The third kappa shape index (κ3) is 2.58. The van der Waals surface area contributed by atoms with Crippen molar-refractivity contribution in [2.24, 2.45) is 7.05 Å². The molecule has 0 bridgehead atoms. The number of benzene rings is 1. The lowest BCUT2D eigenvalue weighted by Gasteiger charge is -2.10. The maximum absolute atomic E-state index is 5.69. The lowest BCUT2D eigenvalue weighted by molar-refractivity contribution is 0.357. The molecule has 0 spiro atoms. The summed E-state index contributed by atoms with van der Waals surface area (Å²) < 4.78 is 9.58. The maximum Gasteiger partial charge on any atom is 0.171 e. The van der Waals surface area contributed by atoms with Gasteiger partial charge in [-0.1, -0.05) is 12.1 Å². The number of rotatable bonds is 4. The van der Waals surface area contributed by atoms with Crippen LogP contribution in [0.25, 0.3) is 16.8 Å². The summed E-state index contributed by atoms with van der Waals surface area (Å²) in [4.78, 5) is 4.77. The van der Waals surface area contributed by atoms with E-state index in [0.717, 1.165) is 65.6 Å². The Hall–Kier alpha value is -3.22. The normalized spacial score (nSPS) is 13.1. The van der Waals surface area contributed by atoms with Crippen LogP contribution < -0.4 is 4.74 Å². The molecule has 0 atom stereocenters. The van der Waals surface area contributed by atoms with Gasteiger partial charge in [0, 0.05) is 48.5 Å². The molecule has 0 radical (unpaired) electrons. The van der Waals surface area contributed by atoms with E-state index in [2.05, 4.69) is 40.4 Å². The van der Waals surface area contributed by atoms with Crippen molar-refractivity contribution in [2.75, 3.05) is 6.61 Å². The van der Waals surface area contributed by atoms with E-state index in [0.29, 0.717) is 0 Å². The van der Waals surface area contributed by atoms with Gasteiger partial charge in [0.2, 0.25) is 0 Å². The van der Waals surface area contributed by atoms with Gasteiger partial charge in [-0.3, -0.25) is 9.08 Å². The SMILES string of the molecule is Cc1nn(C)c(C)c1-c1cnc(CCc2cccc3c2CCO3)n2cnnc12. The molecule has 5 rings (SSSR count). The molecule has 7 heteroatoms. The van der Waals surface area contributed by atoms with Crippen molar-refractivity contribution >= 4 is 5.65 Å². The minimum Gasteiger partial charge on any atom is -0.493 e. The number of hydrogen-bond donors (Lipinski definition) is 0. The van der Waals surface area contributed by atoms with Crippen molar-refractivity contribution in [1.82, 2.24) is 29.4 Å². The van der Waals surface area contributed by atoms with Gasteiger partial charge in [-0.15, -0.1) is 10.2 Å². The number of fused-ring (bicyclic) bond motifs is 2. The van der Waals surface area contributed by atoms with Gasteiger partial charge in [0.05, 0.1) is 12.3 Å². The first-order chi connectivity index (χ1) is 13.6. The van der Waals surface area contributed by atoms with Crippen molar-refractivity contribution in [2.45, 2.75) is 33.1 Å². The van der Waals surface area contributed by atoms with Crippen LogP contribution in [0, 0.1) is 13.8 Å². The molecule has 0 unspecified atom stereocenters. The third-order valence-corrected chi connectivity index (χ3v) is 5.65. The Morgan fingerprint density at radius 2 is 2.07 bits per heavy atom. The van der Waals surface area contributed by atoms with Crippen LogP contribution in [-0.4, -0.2) is 36.0 Å². The standard InChI is InChI=1S/C21H22N6O/c1-13-20(14(2)26(3)25-13)17-11-22-19(27-12-23-24-21(17)27)8-7-15-5-4-6-18-16(15)9-10-28-18/h4-6,11-12H,7-10H2,1-3H3. The molecule has 0 saturated carbocycles. The fourth-order valence-electron chi connectivity index (χ4n) is 4.17. The molecule has 0 N–H and O–H groups in total. The molecule has 1 aromatic carbocycles. The van der Waals surface area contributed by atoms with Gasteiger partial charge >= 0.3 is 0 Å². The number of hydrogen-bond acceptors (Lipinski definition) is 5. The van der Waals surface area contributed by atoms with Gasteiger partial charge in [0.15, 0.2) is 5.65 Å². The predicted molar refractivity (Wildman–Crippen MR) is 106 cm³/mol. The molecule has 0 saturated heterocycles. The quantitative estimate of drug-likeness (QED) is 0.549. The summed E-state index contributed by atoms with van der Waals surface area (Å²) in [6, 6.07) is 6.31. The number of nitrogens with zero attached hydrogens (tertiary/aromatic N) is 6. The van der Waals surface area contributed by atoms with Crippen molar-refractivity contribution < 1.29 is 4.74 Å². The Morgan fingerprint density at radius 3 is 2.89 bits per heavy atom. The molecule has 0 fully saturated rings. The molecular weight excluding hydrogens is 352 g/mol. The topological polar surface area (TPSA) is 70.1 Å². The first kappa shape index (κ1) is 16.9. The Bertz CT molecular complexity index is 1190. The van der Waals surface area contributed by atoms with E-state index >= 15 is 0 Å². The zero-order chi connectivity index (χ0) is 19.3. The van der Waals surface area contributed by atoms with Gasteiger partial charge < -0.3 is 4.74 Å². The summed E-state index contributed by atoms with van der Waals surface area (Å²) in [7, 11) is 1.96. The first-order valence-electron chi connectivity index (χ1n) is 9.55. The molecule has 0 amide bonds. The highest BCUT2D eigenvalue weighted by Crippen LogP contribution is 2.31. The van der Waals surface area contributed by atoms with E-state index in [1.165, 1.54) is 11.1 Å². The van der Waals surface area contributed by atoms with Crippen molar-refractivity contribution in [3.63, 3.8) is 0 Å². The maximum atomic E-state index is 5.69. The van der Waals surface area contributed by atoms with E-state index in [4.69, 9.17) is 9.72 Å². The highest BCUT2D eigenvalue weighted by atomic mass is 16.5. The molecule has 0 aliphatic carbocycles. The van der Waals surface area contributed by atoms with Crippen LogP contribution >= 0.6 is 0 Å².